The lowest BCUT2D eigenvalue weighted by Crippen LogP contribution is -2.26. The van der Waals surface area contributed by atoms with E-state index >= 15 is 0 Å². The molecule has 0 amide bonds. The van der Waals surface area contributed by atoms with E-state index in [0.717, 1.165) is 11.1 Å². The van der Waals surface area contributed by atoms with Gasteiger partial charge >= 0.3 is 0 Å². The second-order valence-corrected chi connectivity index (χ2v) is 3.18. The molecule has 2 atom stereocenters. The summed E-state index contributed by atoms with van der Waals surface area (Å²) in [5.74, 6) is 0. The van der Waals surface area contributed by atoms with Gasteiger partial charge in [-0.2, -0.15) is 0 Å². The highest BCUT2D eigenvalue weighted by molar-refractivity contribution is 5.71. The minimum atomic E-state index is -0.845. The highest BCUT2D eigenvalue weighted by Crippen LogP contribution is 2.23. The molecule has 3 heteroatoms. The first kappa shape index (κ1) is 9.12. The van der Waals surface area contributed by atoms with Crippen LogP contribution in [-0.4, -0.2) is 27.4 Å². The molecule has 0 aliphatic heterocycles. The Balaban J connectivity index is 2.35. The van der Waals surface area contributed by atoms with Crippen molar-refractivity contribution in [1.82, 2.24) is 4.98 Å². The monoisotopic (exact) mass is 189 g/mol. The van der Waals surface area contributed by atoms with Crippen LogP contribution < -0.4 is 0 Å². The normalized spacial score (nSPS) is 26.0. The van der Waals surface area contributed by atoms with Crippen molar-refractivity contribution < 1.29 is 10.2 Å². The molecule has 14 heavy (non-hydrogen) atoms. The third kappa shape index (κ3) is 1.60. The number of aliphatic hydroxyl groups excluding tert-OH is 2. The topological polar surface area (TPSA) is 53.4 Å². The predicted molar refractivity (Wildman–Crippen MR) is 53.4 cm³/mol. The average Bonchev–Trinajstić information content (AvgIpc) is 2.23. The molecule has 1 aromatic rings. The van der Waals surface area contributed by atoms with Gasteiger partial charge in [-0.05, 0) is 23.3 Å². The SMILES string of the molecule is O[C@@H]1C(c2ccncc2)=CC=C[C@@H]1O. The maximum atomic E-state index is 9.70. The third-order valence-corrected chi connectivity index (χ3v) is 2.24. The number of pyridine rings is 1. The first-order valence-corrected chi connectivity index (χ1v) is 4.44. The maximum Gasteiger partial charge on any atom is 0.109 e. The molecule has 1 aliphatic rings. The third-order valence-electron chi connectivity index (χ3n) is 2.24. The van der Waals surface area contributed by atoms with Gasteiger partial charge < -0.3 is 10.2 Å². The number of allylic oxidation sites excluding steroid dienone is 2. The molecule has 0 saturated heterocycles. The predicted octanol–water partition coefficient (Wildman–Crippen LogP) is 0.757. The quantitative estimate of drug-likeness (QED) is 0.685. The van der Waals surface area contributed by atoms with Crippen LogP contribution in [0, 0.1) is 0 Å². The molecule has 0 bridgehead atoms. The van der Waals surface area contributed by atoms with E-state index in [1.165, 1.54) is 0 Å². The Bertz CT molecular complexity index is 370. The number of aromatic nitrogens is 1. The van der Waals surface area contributed by atoms with E-state index in [1.54, 1.807) is 42.8 Å². The van der Waals surface area contributed by atoms with Gasteiger partial charge in [0.25, 0.3) is 0 Å². The Morgan fingerprint density at radius 1 is 1.14 bits per heavy atom. The molecular weight excluding hydrogens is 178 g/mol. The fraction of sp³-hybridized carbons (Fsp3) is 0.182. The van der Waals surface area contributed by atoms with Gasteiger partial charge in [-0.3, -0.25) is 4.98 Å². The molecule has 1 heterocycles. The van der Waals surface area contributed by atoms with Crippen molar-refractivity contribution >= 4 is 5.57 Å². The molecule has 0 unspecified atom stereocenters. The van der Waals surface area contributed by atoms with Gasteiger partial charge in [0.2, 0.25) is 0 Å². The summed E-state index contributed by atoms with van der Waals surface area (Å²) in [7, 11) is 0. The lowest BCUT2D eigenvalue weighted by atomic mass is 9.94. The van der Waals surface area contributed by atoms with Gasteiger partial charge in [0.05, 0.1) is 0 Å². The first-order chi connectivity index (χ1) is 6.79. The minimum Gasteiger partial charge on any atom is -0.386 e. The van der Waals surface area contributed by atoms with E-state index in [9.17, 15) is 10.2 Å². The van der Waals surface area contributed by atoms with Crippen LogP contribution in [0.4, 0.5) is 0 Å². The molecule has 2 rings (SSSR count). The Kier molecular flexibility index (Phi) is 2.43. The summed E-state index contributed by atoms with van der Waals surface area (Å²) < 4.78 is 0. The van der Waals surface area contributed by atoms with Crippen LogP contribution in [0.2, 0.25) is 0 Å². The summed E-state index contributed by atoms with van der Waals surface area (Å²) in [6, 6.07) is 3.61. The second-order valence-electron chi connectivity index (χ2n) is 3.18. The highest BCUT2D eigenvalue weighted by Gasteiger charge is 2.21. The molecule has 1 aromatic heterocycles. The molecule has 0 aromatic carbocycles. The van der Waals surface area contributed by atoms with Crippen molar-refractivity contribution in [2.45, 2.75) is 12.2 Å². The summed E-state index contributed by atoms with van der Waals surface area (Å²) in [6.07, 6.45) is 6.77. The lowest BCUT2D eigenvalue weighted by Gasteiger charge is -2.21. The van der Waals surface area contributed by atoms with Gasteiger partial charge in [0, 0.05) is 12.4 Å². The summed E-state index contributed by atoms with van der Waals surface area (Å²) in [6.45, 7) is 0. The van der Waals surface area contributed by atoms with Gasteiger partial charge in [-0.1, -0.05) is 18.2 Å². The molecule has 2 N–H and O–H groups in total. The molecule has 72 valence electrons. The largest absolute Gasteiger partial charge is 0.386 e. The van der Waals surface area contributed by atoms with Crippen LogP contribution in [0.15, 0.2) is 42.8 Å². The van der Waals surface area contributed by atoms with Gasteiger partial charge in [-0.25, -0.2) is 0 Å². The van der Waals surface area contributed by atoms with Crippen LogP contribution >= 0.6 is 0 Å². The molecular formula is C11H11NO2. The van der Waals surface area contributed by atoms with Crippen molar-refractivity contribution in [2.24, 2.45) is 0 Å². The summed E-state index contributed by atoms with van der Waals surface area (Å²) in [5, 5.41) is 19.1. The van der Waals surface area contributed by atoms with Crippen LogP contribution in [0.3, 0.4) is 0 Å². The van der Waals surface area contributed by atoms with E-state index in [4.69, 9.17) is 0 Å². The fourth-order valence-corrected chi connectivity index (χ4v) is 1.47. The first-order valence-electron chi connectivity index (χ1n) is 4.44. The van der Waals surface area contributed by atoms with Crippen molar-refractivity contribution in [3.8, 4) is 0 Å². The van der Waals surface area contributed by atoms with E-state index in [1.807, 2.05) is 0 Å². The Morgan fingerprint density at radius 3 is 2.57 bits per heavy atom. The standard InChI is InChI=1S/C11H11NO2/c13-10-3-1-2-9(11(10)14)8-4-6-12-7-5-8/h1-7,10-11,13-14H/t10-,11+/m0/s1. The van der Waals surface area contributed by atoms with Crippen LogP contribution in [0.25, 0.3) is 5.57 Å². The van der Waals surface area contributed by atoms with Crippen LogP contribution in [0.5, 0.6) is 0 Å². The summed E-state index contributed by atoms with van der Waals surface area (Å²) in [5.41, 5.74) is 1.61. The van der Waals surface area contributed by atoms with Gasteiger partial charge in [-0.15, -0.1) is 0 Å². The van der Waals surface area contributed by atoms with E-state index in [0.29, 0.717) is 0 Å². The Hall–Kier alpha value is -1.45. The fourth-order valence-electron chi connectivity index (χ4n) is 1.47. The lowest BCUT2D eigenvalue weighted by molar-refractivity contribution is 0.0859. The molecule has 1 aliphatic carbocycles. The van der Waals surface area contributed by atoms with Crippen molar-refractivity contribution in [3.63, 3.8) is 0 Å². The number of nitrogens with zero attached hydrogens (tertiary/aromatic N) is 1. The van der Waals surface area contributed by atoms with E-state index < -0.39 is 12.2 Å². The number of rotatable bonds is 1. The zero-order chi connectivity index (χ0) is 9.97. The second kappa shape index (κ2) is 3.74. The zero-order valence-corrected chi connectivity index (χ0v) is 7.54. The summed E-state index contributed by atoms with van der Waals surface area (Å²) in [4.78, 5) is 3.89. The molecule has 0 fully saturated rings. The zero-order valence-electron chi connectivity index (χ0n) is 7.54. The van der Waals surface area contributed by atoms with Crippen molar-refractivity contribution in [1.29, 1.82) is 0 Å². The molecule has 0 saturated carbocycles. The summed E-state index contributed by atoms with van der Waals surface area (Å²) >= 11 is 0. The molecule has 0 radical (unpaired) electrons. The number of aliphatic hydroxyl groups is 2. The Morgan fingerprint density at radius 2 is 1.86 bits per heavy atom. The van der Waals surface area contributed by atoms with Crippen molar-refractivity contribution in [3.05, 3.63) is 48.3 Å². The van der Waals surface area contributed by atoms with Crippen LogP contribution in [-0.2, 0) is 0 Å². The van der Waals surface area contributed by atoms with Gasteiger partial charge in [0.1, 0.15) is 12.2 Å². The molecule has 0 spiro atoms. The smallest absolute Gasteiger partial charge is 0.109 e. The van der Waals surface area contributed by atoms with Crippen LogP contribution in [0.1, 0.15) is 5.56 Å². The average molecular weight is 189 g/mol. The minimum absolute atomic E-state index is 0.724. The van der Waals surface area contributed by atoms with Gasteiger partial charge in [0.15, 0.2) is 0 Å². The van der Waals surface area contributed by atoms with E-state index in [-0.39, 0.29) is 0 Å². The highest BCUT2D eigenvalue weighted by atomic mass is 16.3. The number of hydrogen-bond acceptors (Lipinski definition) is 3. The number of hydrogen-bond donors (Lipinski definition) is 2. The molecule has 3 nitrogen and oxygen atoms in total. The Labute approximate surface area is 82.0 Å². The maximum absolute atomic E-state index is 9.70. The van der Waals surface area contributed by atoms with E-state index in [2.05, 4.69) is 4.98 Å². The van der Waals surface area contributed by atoms with Crippen molar-refractivity contribution in [2.75, 3.05) is 0 Å².